The number of anilines is 1. The van der Waals surface area contributed by atoms with E-state index in [9.17, 15) is 13.6 Å². The number of hydrogen-bond donors (Lipinski definition) is 1. The summed E-state index contributed by atoms with van der Waals surface area (Å²) < 4.78 is 28.2. The minimum absolute atomic E-state index is 0.0487. The van der Waals surface area contributed by atoms with Crippen molar-refractivity contribution in [3.8, 4) is 5.75 Å². The van der Waals surface area contributed by atoms with Gasteiger partial charge in [0.1, 0.15) is 5.75 Å². The van der Waals surface area contributed by atoms with Crippen LogP contribution in [0.1, 0.15) is 9.75 Å². The Balaban J connectivity index is 1.91. The van der Waals surface area contributed by atoms with Gasteiger partial charge in [0.25, 0.3) is 0 Å². The summed E-state index contributed by atoms with van der Waals surface area (Å²) in [4.78, 5) is 13.9. The summed E-state index contributed by atoms with van der Waals surface area (Å²) in [6, 6.07) is 9.64. The number of halogens is 2. The van der Waals surface area contributed by atoms with E-state index in [1.165, 1.54) is 35.2 Å². The van der Waals surface area contributed by atoms with Crippen LogP contribution in [0.2, 0.25) is 0 Å². The van der Waals surface area contributed by atoms with Gasteiger partial charge in [-0.25, -0.2) is 0 Å². The van der Waals surface area contributed by atoms with E-state index in [2.05, 4.69) is 10.1 Å². The molecule has 110 valence electrons. The first kappa shape index (κ1) is 15.2. The summed E-state index contributed by atoms with van der Waals surface area (Å²) in [5.74, 6) is -0.240. The summed E-state index contributed by atoms with van der Waals surface area (Å²) >= 11 is 1.59. The van der Waals surface area contributed by atoms with Crippen molar-refractivity contribution < 1.29 is 18.3 Å². The van der Waals surface area contributed by atoms with Crippen LogP contribution < -0.4 is 10.1 Å². The third kappa shape index (κ3) is 5.00. The Kier molecular flexibility index (Phi) is 5.05. The molecule has 0 saturated carbocycles. The lowest BCUT2D eigenvalue weighted by Gasteiger charge is -2.06. The van der Waals surface area contributed by atoms with E-state index in [0.29, 0.717) is 5.69 Å². The van der Waals surface area contributed by atoms with E-state index in [-0.39, 0.29) is 11.7 Å². The zero-order chi connectivity index (χ0) is 15.2. The molecule has 6 heteroatoms. The van der Waals surface area contributed by atoms with Crippen LogP contribution in [-0.4, -0.2) is 12.5 Å². The van der Waals surface area contributed by atoms with Crippen LogP contribution in [-0.2, 0) is 4.79 Å². The predicted molar refractivity (Wildman–Crippen MR) is 79.8 cm³/mol. The van der Waals surface area contributed by atoms with Crippen molar-refractivity contribution in [1.29, 1.82) is 0 Å². The molecule has 1 aromatic heterocycles. The normalized spacial score (nSPS) is 11.0. The van der Waals surface area contributed by atoms with Gasteiger partial charge in [-0.1, -0.05) is 0 Å². The largest absolute Gasteiger partial charge is 0.435 e. The number of carbonyl (C=O) groups is 1. The minimum atomic E-state index is -2.86. The molecular formula is C15H13F2NO2S. The van der Waals surface area contributed by atoms with Crippen molar-refractivity contribution in [3.05, 3.63) is 52.2 Å². The number of alkyl halides is 2. The number of amides is 1. The molecular weight excluding hydrogens is 296 g/mol. The molecule has 1 N–H and O–H groups in total. The molecule has 2 aromatic rings. The molecule has 21 heavy (non-hydrogen) atoms. The number of ether oxygens (including phenoxy) is 1. The maximum atomic E-state index is 12.0. The number of hydrogen-bond acceptors (Lipinski definition) is 3. The van der Waals surface area contributed by atoms with Crippen molar-refractivity contribution in [2.45, 2.75) is 13.5 Å². The first-order valence-electron chi connectivity index (χ1n) is 6.13. The van der Waals surface area contributed by atoms with Crippen molar-refractivity contribution in [1.82, 2.24) is 0 Å². The number of rotatable bonds is 5. The SMILES string of the molecule is Cc1ccc(/C=C/C(=O)Nc2ccc(OC(F)F)cc2)s1. The summed E-state index contributed by atoms with van der Waals surface area (Å²) in [6.45, 7) is -0.868. The highest BCUT2D eigenvalue weighted by Gasteiger charge is 2.04. The van der Waals surface area contributed by atoms with Crippen molar-refractivity contribution in [3.63, 3.8) is 0 Å². The highest BCUT2D eigenvalue weighted by Crippen LogP contribution is 2.18. The third-order valence-corrected chi connectivity index (χ3v) is 3.47. The second-order valence-electron chi connectivity index (χ2n) is 4.17. The number of thiophene rings is 1. The first-order valence-corrected chi connectivity index (χ1v) is 6.95. The lowest BCUT2D eigenvalue weighted by atomic mass is 10.3. The Hall–Kier alpha value is -2.21. The number of benzene rings is 1. The molecule has 1 heterocycles. The van der Waals surface area contributed by atoms with Gasteiger partial charge in [0.05, 0.1) is 0 Å². The van der Waals surface area contributed by atoms with Gasteiger partial charge in [-0.15, -0.1) is 11.3 Å². The zero-order valence-corrected chi connectivity index (χ0v) is 12.0. The summed E-state index contributed by atoms with van der Waals surface area (Å²) in [6.07, 6.45) is 3.15. The van der Waals surface area contributed by atoms with Crippen LogP contribution in [0.3, 0.4) is 0 Å². The highest BCUT2D eigenvalue weighted by atomic mass is 32.1. The molecule has 0 fully saturated rings. The highest BCUT2D eigenvalue weighted by molar-refractivity contribution is 7.12. The van der Waals surface area contributed by atoms with Gasteiger partial charge in [0.15, 0.2) is 0 Å². The monoisotopic (exact) mass is 309 g/mol. The van der Waals surface area contributed by atoms with Gasteiger partial charge in [0, 0.05) is 21.5 Å². The topological polar surface area (TPSA) is 38.3 Å². The van der Waals surface area contributed by atoms with Crippen molar-refractivity contribution in [2.75, 3.05) is 5.32 Å². The number of carbonyl (C=O) groups excluding carboxylic acids is 1. The van der Waals surface area contributed by atoms with Gasteiger partial charge in [0.2, 0.25) is 5.91 Å². The van der Waals surface area contributed by atoms with Gasteiger partial charge in [-0.05, 0) is 49.4 Å². The molecule has 0 saturated heterocycles. The van der Waals surface area contributed by atoms with E-state index >= 15 is 0 Å². The van der Waals surface area contributed by atoms with E-state index in [0.717, 1.165) is 4.88 Å². The standard InChI is InChI=1S/C15H13F2NO2S/c1-10-2-7-13(21-10)8-9-14(19)18-11-3-5-12(6-4-11)20-15(16)17/h2-9,15H,1H3,(H,18,19)/b9-8+. The average molecular weight is 309 g/mol. The lowest BCUT2D eigenvalue weighted by molar-refractivity contribution is -0.111. The van der Waals surface area contributed by atoms with Crippen molar-refractivity contribution in [2.24, 2.45) is 0 Å². The Morgan fingerprint density at radius 2 is 1.95 bits per heavy atom. The van der Waals surface area contributed by atoms with Crippen LogP contribution >= 0.6 is 11.3 Å². The van der Waals surface area contributed by atoms with Gasteiger partial charge >= 0.3 is 6.61 Å². The van der Waals surface area contributed by atoms with Gasteiger partial charge < -0.3 is 10.1 Å². The Morgan fingerprint density at radius 3 is 2.52 bits per heavy atom. The maximum Gasteiger partial charge on any atom is 0.387 e. The fourth-order valence-corrected chi connectivity index (χ4v) is 2.38. The Labute approximate surface area is 124 Å². The van der Waals surface area contributed by atoms with E-state index in [1.807, 2.05) is 19.1 Å². The predicted octanol–water partition coefficient (Wildman–Crippen LogP) is 4.31. The number of aryl methyl sites for hydroxylation is 1. The third-order valence-electron chi connectivity index (χ3n) is 2.51. The Morgan fingerprint density at radius 1 is 1.24 bits per heavy atom. The van der Waals surface area contributed by atoms with Crippen LogP contribution in [0.25, 0.3) is 6.08 Å². The first-order chi connectivity index (χ1) is 10.0. The molecule has 0 spiro atoms. The molecule has 0 atom stereocenters. The molecule has 0 aliphatic rings. The molecule has 3 nitrogen and oxygen atoms in total. The molecule has 0 bridgehead atoms. The average Bonchev–Trinajstić information content (AvgIpc) is 2.84. The number of nitrogens with one attached hydrogen (secondary N) is 1. The molecule has 1 aromatic carbocycles. The molecule has 0 unspecified atom stereocenters. The van der Waals surface area contributed by atoms with Crippen LogP contribution in [0.5, 0.6) is 5.75 Å². The second kappa shape index (κ2) is 6.99. The smallest absolute Gasteiger partial charge is 0.387 e. The summed E-state index contributed by atoms with van der Waals surface area (Å²) in [5.41, 5.74) is 0.508. The minimum Gasteiger partial charge on any atom is -0.435 e. The van der Waals surface area contributed by atoms with Gasteiger partial charge in [-0.3, -0.25) is 4.79 Å². The van der Waals surface area contributed by atoms with Gasteiger partial charge in [-0.2, -0.15) is 8.78 Å². The van der Waals surface area contributed by atoms with Crippen LogP contribution in [0, 0.1) is 6.92 Å². The fourth-order valence-electron chi connectivity index (χ4n) is 1.60. The summed E-state index contributed by atoms with van der Waals surface area (Å²) in [5, 5.41) is 2.64. The molecule has 2 rings (SSSR count). The quantitative estimate of drug-likeness (QED) is 0.836. The summed E-state index contributed by atoms with van der Waals surface area (Å²) in [7, 11) is 0. The van der Waals surface area contributed by atoms with E-state index in [1.54, 1.807) is 17.4 Å². The van der Waals surface area contributed by atoms with E-state index < -0.39 is 6.61 Å². The van der Waals surface area contributed by atoms with E-state index in [4.69, 9.17) is 0 Å². The molecule has 1 amide bonds. The Bertz CT molecular complexity index is 635. The molecule has 0 aliphatic heterocycles. The fraction of sp³-hybridized carbons (Fsp3) is 0.133. The van der Waals surface area contributed by atoms with Crippen LogP contribution in [0.15, 0.2) is 42.5 Å². The van der Waals surface area contributed by atoms with Crippen molar-refractivity contribution >= 4 is 29.0 Å². The lowest BCUT2D eigenvalue weighted by Crippen LogP contribution is -2.07. The maximum absolute atomic E-state index is 12.0. The molecule has 0 aliphatic carbocycles. The van der Waals surface area contributed by atoms with Crippen LogP contribution in [0.4, 0.5) is 14.5 Å². The molecule has 0 radical (unpaired) electrons. The zero-order valence-electron chi connectivity index (χ0n) is 11.2. The second-order valence-corrected chi connectivity index (χ2v) is 5.49.